The molecule has 0 saturated carbocycles. The maximum absolute atomic E-state index is 4.74. The number of hydrogen-bond acceptors (Lipinski definition) is 1. The van der Waals surface area contributed by atoms with Crippen molar-refractivity contribution in [2.75, 3.05) is 0 Å². The molecule has 0 amide bonds. The number of imidazole rings is 1. The molecule has 127 valence electrons. The molecule has 0 aliphatic heterocycles. The van der Waals surface area contributed by atoms with E-state index in [4.69, 9.17) is 4.98 Å². The number of nitrogens with zero attached hydrogens (tertiary/aromatic N) is 2. The summed E-state index contributed by atoms with van der Waals surface area (Å²) in [7, 11) is 0. The topological polar surface area (TPSA) is 17.3 Å². The van der Waals surface area contributed by atoms with E-state index in [9.17, 15) is 0 Å². The van der Waals surface area contributed by atoms with Crippen molar-refractivity contribution in [1.29, 1.82) is 0 Å². The van der Waals surface area contributed by atoms with Gasteiger partial charge in [-0.3, -0.25) is 4.98 Å². The minimum absolute atomic E-state index is 0. The summed E-state index contributed by atoms with van der Waals surface area (Å²) in [4.78, 5) is 4.74. The Labute approximate surface area is 165 Å². The van der Waals surface area contributed by atoms with Crippen molar-refractivity contribution in [2.24, 2.45) is 0 Å². The third-order valence-electron chi connectivity index (χ3n) is 4.55. The summed E-state index contributed by atoms with van der Waals surface area (Å²) in [6.45, 7) is 0. The fourth-order valence-electron chi connectivity index (χ4n) is 3.38. The van der Waals surface area contributed by atoms with E-state index < -0.39 is 0 Å². The Morgan fingerprint density at radius 1 is 0.731 bits per heavy atom. The SMILES string of the molecule is [Ir].[c-]1cccc2cc(-c3ccccc3)n3c(-c4ccccc4)cnc3c12. The number of aromatic nitrogens is 2. The van der Waals surface area contributed by atoms with Gasteiger partial charge < -0.3 is 4.40 Å². The van der Waals surface area contributed by atoms with Gasteiger partial charge in [0.2, 0.25) is 0 Å². The Morgan fingerprint density at radius 3 is 2.08 bits per heavy atom. The molecule has 0 spiro atoms. The van der Waals surface area contributed by atoms with Crippen molar-refractivity contribution >= 4 is 16.4 Å². The molecule has 0 atom stereocenters. The second-order valence-electron chi connectivity index (χ2n) is 6.06. The first-order chi connectivity index (χ1) is 12.4. The summed E-state index contributed by atoms with van der Waals surface area (Å²) in [5.74, 6) is 0. The molecule has 0 fully saturated rings. The molecule has 0 N–H and O–H groups in total. The third-order valence-corrected chi connectivity index (χ3v) is 4.55. The maximum Gasteiger partial charge on any atom is 0.0634 e. The first-order valence-corrected chi connectivity index (χ1v) is 8.33. The average Bonchev–Trinajstić information content (AvgIpc) is 3.14. The number of hydrogen-bond donors (Lipinski definition) is 0. The molecule has 0 aliphatic rings. The second kappa shape index (κ2) is 6.87. The molecule has 26 heavy (non-hydrogen) atoms. The smallest absolute Gasteiger partial charge is 0.0634 e. The van der Waals surface area contributed by atoms with Crippen molar-refractivity contribution < 1.29 is 20.1 Å². The Balaban J connectivity index is 0.00000168. The number of rotatable bonds is 2. The zero-order valence-corrected chi connectivity index (χ0v) is 16.3. The molecule has 1 radical (unpaired) electrons. The van der Waals surface area contributed by atoms with E-state index in [1.807, 2.05) is 30.5 Å². The van der Waals surface area contributed by atoms with E-state index in [2.05, 4.69) is 71.1 Å². The van der Waals surface area contributed by atoms with Crippen LogP contribution in [0.3, 0.4) is 0 Å². The van der Waals surface area contributed by atoms with Gasteiger partial charge >= 0.3 is 0 Å². The van der Waals surface area contributed by atoms with Crippen LogP contribution in [0.4, 0.5) is 0 Å². The van der Waals surface area contributed by atoms with E-state index in [0.717, 1.165) is 33.4 Å². The standard InChI is InChI=1S/C23H15N2.Ir/c1-3-9-17(10-4-1)21-15-19-13-7-8-14-20(19)23-24-16-22(25(21)23)18-11-5-2-6-12-18;/h1-13,15-16H;/q-1;. The predicted octanol–water partition coefficient (Wildman–Crippen LogP) is 5.62. The quantitative estimate of drug-likeness (QED) is 0.281. The first kappa shape index (κ1) is 16.7. The second-order valence-corrected chi connectivity index (χ2v) is 6.06. The monoisotopic (exact) mass is 512 g/mol. The number of pyridine rings is 1. The molecule has 0 unspecified atom stereocenters. The fourth-order valence-corrected chi connectivity index (χ4v) is 3.38. The van der Waals surface area contributed by atoms with E-state index in [-0.39, 0.29) is 20.1 Å². The molecule has 5 aromatic rings. The minimum atomic E-state index is 0. The van der Waals surface area contributed by atoms with E-state index in [1.165, 1.54) is 5.56 Å². The molecule has 3 heteroatoms. The molecule has 3 aromatic carbocycles. The average molecular weight is 512 g/mol. The molecule has 0 bridgehead atoms. The van der Waals surface area contributed by atoms with Crippen LogP contribution in [0.5, 0.6) is 0 Å². The van der Waals surface area contributed by atoms with Gasteiger partial charge in [0, 0.05) is 32.0 Å². The van der Waals surface area contributed by atoms with Crippen LogP contribution in [0.15, 0.2) is 91.1 Å². The van der Waals surface area contributed by atoms with Crippen LogP contribution in [-0.4, -0.2) is 9.38 Å². The van der Waals surface area contributed by atoms with Gasteiger partial charge in [0.25, 0.3) is 0 Å². The van der Waals surface area contributed by atoms with Crippen LogP contribution in [0.1, 0.15) is 0 Å². The largest absolute Gasteiger partial charge is 0.333 e. The summed E-state index contributed by atoms with van der Waals surface area (Å²) in [5.41, 5.74) is 5.50. The van der Waals surface area contributed by atoms with Crippen LogP contribution < -0.4 is 0 Å². The number of benzene rings is 3. The van der Waals surface area contributed by atoms with Gasteiger partial charge in [0.05, 0.1) is 11.3 Å². The van der Waals surface area contributed by atoms with Crippen molar-refractivity contribution in [1.82, 2.24) is 9.38 Å². The van der Waals surface area contributed by atoms with Crippen molar-refractivity contribution in [2.45, 2.75) is 0 Å². The predicted molar refractivity (Wildman–Crippen MR) is 102 cm³/mol. The fraction of sp³-hybridized carbons (Fsp3) is 0. The van der Waals surface area contributed by atoms with Crippen LogP contribution in [-0.2, 0) is 20.1 Å². The van der Waals surface area contributed by atoms with Gasteiger partial charge in [-0.15, -0.1) is 35.0 Å². The van der Waals surface area contributed by atoms with Gasteiger partial charge in [0.15, 0.2) is 0 Å². The van der Waals surface area contributed by atoms with Gasteiger partial charge in [-0.05, 0) is 11.1 Å². The van der Waals surface area contributed by atoms with Crippen LogP contribution in [0, 0.1) is 6.07 Å². The van der Waals surface area contributed by atoms with Gasteiger partial charge in [0.1, 0.15) is 0 Å². The molecule has 5 rings (SSSR count). The molecule has 2 nitrogen and oxygen atoms in total. The summed E-state index contributed by atoms with van der Waals surface area (Å²) >= 11 is 0. The molecule has 0 saturated heterocycles. The Kier molecular flexibility index (Phi) is 4.42. The van der Waals surface area contributed by atoms with Crippen molar-refractivity contribution in [3.8, 4) is 22.5 Å². The Morgan fingerprint density at radius 2 is 1.38 bits per heavy atom. The third kappa shape index (κ3) is 2.66. The van der Waals surface area contributed by atoms with E-state index in [1.54, 1.807) is 0 Å². The summed E-state index contributed by atoms with van der Waals surface area (Å²) in [5, 5.41) is 2.20. The van der Waals surface area contributed by atoms with Crippen LogP contribution in [0.25, 0.3) is 38.9 Å². The molecular weight excluding hydrogens is 496 g/mol. The molecule has 2 heterocycles. The van der Waals surface area contributed by atoms with Crippen LogP contribution >= 0.6 is 0 Å². The number of fused-ring (bicyclic) bond motifs is 3. The van der Waals surface area contributed by atoms with Crippen LogP contribution in [0.2, 0.25) is 0 Å². The molecular formula is C23H15IrN2-. The Bertz CT molecular complexity index is 1180. The zero-order chi connectivity index (χ0) is 16.6. The van der Waals surface area contributed by atoms with Gasteiger partial charge in [-0.2, -0.15) is 0 Å². The van der Waals surface area contributed by atoms with E-state index in [0.29, 0.717) is 0 Å². The van der Waals surface area contributed by atoms with Crippen molar-refractivity contribution in [3.05, 3.63) is 97.2 Å². The zero-order valence-electron chi connectivity index (χ0n) is 13.9. The van der Waals surface area contributed by atoms with Crippen molar-refractivity contribution in [3.63, 3.8) is 0 Å². The Hall–Kier alpha value is -2.74. The van der Waals surface area contributed by atoms with E-state index >= 15 is 0 Å². The summed E-state index contributed by atoms with van der Waals surface area (Å²) < 4.78 is 2.24. The molecule has 2 aromatic heterocycles. The summed E-state index contributed by atoms with van der Waals surface area (Å²) in [6, 6.07) is 32.5. The molecule has 0 aliphatic carbocycles. The van der Waals surface area contributed by atoms with Gasteiger partial charge in [-0.25, -0.2) is 0 Å². The first-order valence-electron chi connectivity index (χ1n) is 8.33. The maximum atomic E-state index is 4.74. The minimum Gasteiger partial charge on any atom is -0.333 e. The van der Waals surface area contributed by atoms with Gasteiger partial charge in [-0.1, -0.05) is 66.7 Å². The summed E-state index contributed by atoms with van der Waals surface area (Å²) in [6.07, 6.45) is 1.96. The normalized spacial score (nSPS) is 10.8.